The Labute approximate surface area is 146 Å². The van der Waals surface area contributed by atoms with E-state index in [1.54, 1.807) is 12.1 Å². The average Bonchev–Trinajstić information content (AvgIpc) is 3.27. The molecule has 0 amide bonds. The van der Waals surface area contributed by atoms with Gasteiger partial charge in [-0.2, -0.15) is 0 Å². The molecule has 1 aromatic heterocycles. The van der Waals surface area contributed by atoms with Crippen molar-refractivity contribution in [3.63, 3.8) is 0 Å². The van der Waals surface area contributed by atoms with Gasteiger partial charge in [0.05, 0.1) is 6.04 Å². The topological polar surface area (TPSA) is 26.5 Å². The zero-order valence-electron chi connectivity index (χ0n) is 13.8. The van der Waals surface area contributed by atoms with E-state index in [0.717, 1.165) is 17.7 Å². The summed E-state index contributed by atoms with van der Waals surface area (Å²) in [4.78, 5) is 4.76. The first-order chi connectivity index (χ1) is 12.3. The Kier molecular flexibility index (Phi) is 4.34. The van der Waals surface area contributed by atoms with Gasteiger partial charge >= 0.3 is 0 Å². The van der Waals surface area contributed by atoms with Gasteiger partial charge in [-0.3, -0.25) is 0 Å². The van der Waals surface area contributed by atoms with Crippen molar-refractivity contribution in [3.05, 3.63) is 95.6 Å². The molecular weight excluding hydrogens is 315 g/mol. The molecule has 0 saturated carbocycles. The minimum atomic E-state index is -0.219. The van der Waals surface area contributed by atoms with Crippen molar-refractivity contribution < 1.29 is 9.13 Å². The van der Waals surface area contributed by atoms with Crippen LogP contribution in [0.15, 0.2) is 77.9 Å². The van der Waals surface area contributed by atoms with Gasteiger partial charge in [-0.15, -0.1) is 0 Å². The van der Waals surface area contributed by atoms with Gasteiger partial charge < -0.3 is 9.30 Å². The van der Waals surface area contributed by atoms with E-state index in [4.69, 9.17) is 9.73 Å². The van der Waals surface area contributed by atoms with Crippen molar-refractivity contribution in [1.29, 1.82) is 0 Å². The normalized spacial score (nSPS) is 16.5. The number of aliphatic imine (C=N–C) groups is 1. The summed E-state index contributed by atoms with van der Waals surface area (Å²) in [7, 11) is 0. The van der Waals surface area contributed by atoms with Gasteiger partial charge in [0.25, 0.3) is 0 Å². The van der Waals surface area contributed by atoms with E-state index in [2.05, 4.69) is 16.7 Å². The van der Waals surface area contributed by atoms with Crippen molar-refractivity contribution in [2.24, 2.45) is 4.99 Å². The maximum absolute atomic E-state index is 13.1. The summed E-state index contributed by atoms with van der Waals surface area (Å²) in [5, 5.41) is 0. The highest BCUT2D eigenvalue weighted by Gasteiger charge is 2.22. The van der Waals surface area contributed by atoms with Crippen LogP contribution in [0, 0.1) is 5.82 Å². The van der Waals surface area contributed by atoms with Crippen molar-refractivity contribution >= 4 is 5.90 Å². The van der Waals surface area contributed by atoms with E-state index < -0.39 is 0 Å². The third-order valence-electron chi connectivity index (χ3n) is 4.34. The Hall–Kier alpha value is -2.88. The minimum absolute atomic E-state index is 0.145. The number of hydrogen-bond donors (Lipinski definition) is 0. The first-order valence-corrected chi connectivity index (χ1v) is 8.42. The van der Waals surface area contributed by atoms with Gasteiger partial charge in [-0.25, -0.2) is 9.38 Å². The molecule has 1 aliphatic heterocycles. The lowest BCUT2D eigenvalue weighted by Gasteiger charge is -2.09. The number of nitrogens with zero attached hydrogens (tertiary/aromatic N) is 2. The van der Waals surface area contributed by atoms with Crippen LogP contribution in [0.1, 0.15) is 16.8 Å². The molecule has 0 saturated heterocycles. The van der Waals surface area contributed by atoms with Crippen LogP contribution in [0.4, 0.5) is 4.39 Å². The molecule has 126 valence electrons. The summed E-state index contributed by atoms with van der Waals surface area (Å²) in [6.45, 7) is 1.26. The van der Waals surface area contributed by atoms with Gasteiger partial charge in [0.15, 0.2) is 0 Å². The fourth-order valence-corrected chi connectivity index (χ4v) is 3.08. The molecule has 25 heavy (non-hydrogen) atoms. The summed E-state index contributed by atoms with van der Waals surface area (Å²) in [6, 6.07) is 21.0. The fourth-order valence-electron chi connectivity index (χ4n) is 3.08. The number of benzene rings is 2. The van der Waals surface area contributed by atoms with Crippen LogP contribution in [0.3, 0.4) is 0 Å². The van der Waals surface area contributed by atoms with Gasteiger partial charge in [0.1, 0.15) is 18.1 Å². The van der Waals surface area contributed by atoms with Crippen LogP contribution in [-0.4, -0.2) is 23.1 Å². The lowest BCUT2D eigenvalue weighted by atomic mass is 10.1. The zero-order valence-corrected chi connectivity index (χ0v) is 13.8. The molecule has 1 aliphatic rings. The summed E-state index contributed by atoms with van der Waals surface area (Å²) < 4.78 is 21.0. The Morgan fingerprint density at radius 1 is 0.960 bits per heavy atom. The predicted molar refractivity (Wildman–Crippen MR) is 96.4 cm³/mol. The molecule has 0 unspecified atom stereocenters. The van der Waals surface area contributed by atoms with E-state index in [-0.39, 0.29) is 11.9 Å². The Bertz CT molecular complexity index is 868. The average molecular weight is 334 g/mol. The lowest BCUT2D eigenvalue weighted by Crippen LogP contribution is -2.11. The summed E-state index contributed by atoms with van der Waals surface area (Å²) >= 11 is 0. The van der Waals surface area contributed by atoms with E-state index in [1.165, 1.54) is 17.7 Å². The van der Waals surface area contributed by atoms with Gasteiger partial charge in [-0.1, -0.05) is 42.5 Å². The van der Waals surface area contributed by atoms with Crippen LogP contribution in [0.5, 0.6) is 0 Å². The second-order valence-electron chi connectivity index (χ2n) is 6.24. The quantitative estimate of drug-likeness (QED) is 0.691. The largest absolute Gasteiger partial charge is 0.474 e. The SMILES string of the molecule is Fc1ccc(Cn2cccc2C2=N[C@H](Cc3ccccc3)CO2)cc1. The van der Waals surface area contributed by atoms with E-state index in [1.807, 2.05) is 36.5 Å². The summed E-state index contributed by atoms with van der Waals surface area (Å²) in [5.74, 6) is 0.469. The molecule has 0 radical (unpaired) electrons. The van der Waals surface area contributed by atoms with Crippen LogP contribution < -0.4 is 0 Å². The number of aromatic nitrogens is 1. The van der Waals surface area contributed by atoms with E-state index in [9.17, 15) is 4.39 Å². The number of hydrogen-bond acceptors (Lipinski definition) is 2. The molecule has 4 rings (SSSR count). The Morgan fingerprint density at radius 2 is 1.76 bits per heavy atom. The molecule has 3 nitrogen and oxygen atoms in total. The Balaban J connectivity index is 1.50. The minimum Gasteiger partial charge on any atom is -0.474 e. The smallest absolute Gasteiger partial charge is 0.233 e. The van der Waals surface area contributed by atoms with Crippen molar-refractivity contribution in [2.75, 3.05) is 6.61 Å². The van der Waals surface area contributed by atoms with Gasteiger partial charge in [0.2, 0.25) is 5.90 Å². The first kappa shape index (κ1) is 15.6. The Morgan fingerprint density at radius 3 is 2.56 bits per heavy atom. The van der Waals surface area contributed by atoms with E-state index >= 15 is 0 Å². The van der Waals surface area contributed by atoms with Gasteiger partial charge in [0, 0.05) is 12.7 Å². The molecule has 1 atom stereocenters. The maximum atomic E-state index is 13.1. The second kappa shape index (κ2) is 6.93. The third-order valence-corrected chi connectivity index (χ3v) is 4.34. The summed E-state index contributed by atoms with van der Waals surface area (Å²) in [5.41, 5.74) is 3.26. The predicted octanol–water partition coefficient (Wildman–Crippen LogP) is 4.06. The highest BCUT2D eigenvalue weighted by molar-refractivity contribution is 5.93. The van der Waals surface area contributed by atoms with Crippen molar-refractivity contribution in [3.8, 4) is 0 Å². The monoisotopic (exact) mass is 334 g/mol. The zero-order chi connectivity index (χ0) is 17.1. The molecule has 4 heteroatoms. The number of halogens is 1. The van der Waals surface area contributed by atoms with Crippen LogP contribution in [0.2, 0.25) is 0 Å². The van der Waals surface area contributed by atoms with Crippen LogP contribution >= 0.6 is 0 Å². The lowest BCUT2D eigenvalue weighted by molar-refractivity contribution is 0.315. The summed E-state index contributed by atoms with van der Waals surface area (Å²) in [6.07, 6.45) is 2.87. The van der Waals surface area contributed by atoms with Crippen molar-refractivity contribution in [1.82, 2.24) is 4.57 Å². The van der Waals surface area contributed by atoms with Gasteiger partial charge in [-0.05, 0) is 41.8 Å². The van der Waals surface area contributed by atoms with Crippen molar-refractivity contribution in [2.45, 2.75) is 19.0 Å². The molecule has 0 N–H and O–H groups in total. The molecule has 0 bridgehead atoms. The number of rotatable bonds is 5. The first-order valence-electron chi connectivity index (χ1n) is 8.42. The fraction of sp³-hybridized carbons (Fsp3) is 0.190. The molecular formula is C21H19FN2O. The number of ether oxygens (including phenoxy) is 1. The molecule has 0 spiro atoms. The second-order valence-corrected chi connectivity index (χ2v) is 6.24. The van der Waals surface area contributed by atoms with E-state index in [0.29, 0.717) is 19.0 Å². The molecule has 2 aromatic carbocycles. The molecule has 0 fully saturated rings. The molecule has 2 heterocycles. The maximum Gasteiger partial charge on any atom is 0.233 e. The van der Waals surface area contributed by atoms with Crippen LogP contribution in [0.25, 0.3) is 0 Å². The standard InChI is InChI=1S/C21H19FN2O/c22-18-10-8-17(9-11-18)14-24-12-4-7-20(24)21-23-19(15-25-21)13-16-5-2-1-3-6-16/h1-12,19H,13-15H2/t19-/m1/s1. The van der Waals surface area contributed by atoms with Crippen LogP contribution in [-0.2, 0) is 17.7 Å². The third kappa shape index (κ3) is 3.63. The molecule has 3 aromatic rings. The molecule has 0 aliphatic carbocycles. The highest BCUT2D eigenvalue weighted by atomic mass is 19.1. The highest BCUT2D eigenvalue weighted by Crippen LogP contribution is 2.17.